The molecule has 1 aromatic carbocycles. The number of nitrogens with zero attached hydrogens (tertiary/aromatic N) is 2. The van der Waals surface area contributed by atoms with Crippen molar-refractivity contribution in [2.45, 2.75) is 63.8 Å². The number of likely N-dealkylation sites (tertiary alicyclic amines) is 1. The maximum absolute atomic E-state index is 13.5. The third kappa shape index (κ3) is 2.82. The number of non-ortho nitro benzene ring substituents is 1. The Labute approximate surface area is 170 Å². The van der Waals surface area contributed by atoms with Gasteiger partial charge in [0, 0.05) is 17.7 Å². The van der Waals surface area contributed by atoms with Gasteiger partial charge in [0.15, 0.2) is 5.79 Å². The van der Waals surface area contributed by atoms with Gasteiger partial charge in [-0.3, -0.25) is 14.9 Å². The molecule has 2 saturated heterocycles. The van der Waals surface area contributed by atoms with Gasteiger partial charge in [-0.1, -0.05) is 26.3 Å². The summed E-state index contributed by atoms with van der Waals surface area (Å²) in [6, 6.07) is 5.86. The molecule has 2 atom stereocenters. The molecule has 0 unspecified atom stereocenters. The summed E-state index contributed by atoms with van der Waals surface area (Å²) in [5, 5.41) is 10.9. The number of amides is 1. The number of carbonyl (C=O) groups is 1. The van der Waals surface area contributed by atoms with E-state index in [1.54, 1.807) is 12.1 Å². The summed E-state index contributed by atoms with van der Waals surface area (Å²) in [6.45, 7) is 9.55. The smallest absolute Gasteiger partial charge is 0.269 e. The largest absolute Gasteiger partial charge is 0.344 e. The van der Waals surface area contributed by atoms with Gasteiger partial charge in [-0.15, -0.1) is 0 Å². The van der Waals surface area contributed by atoms with Gasteiger partial charge in [0.05, 0.1) is 29.2 Å². The average Bonchev–Trinajstić information content (AvgIpc) is 2.97. The molecule has 4 rings (SSSR count). The summed E-state index contributed by atoms with van der Waals surface area (Å²) in [6.07, 6.45) is 7.04. The van der Waals surface area contributed by atoms with Crippen molar-refractivity contribution in [3.8, 4) is 0 Å². The van der Waals surface area contributed by atoms with Gasteiger partial charge >= 0.3 is 0 Å². The van der Waals surface area contributed by atoms with E-state index in [-0.39, 0.29) is 22.5 Å². The molecule has 7 nitrogen and oxygen atoms in total. The highest BCUT2D eigenvalue weighted by Gasteiger charge is 2.79. The molecule has 7 heteroatoms. The monoisotopic (exact) mass is 400 g/mol. The van der Waals surface area contributed by atoms with Gasteiger partial charge < -0.3 is 14.4 Å². The molecule has 3 aliphatic rings. The van der Waals surface area contributed by atoms with Crippen LogP contribution in [-0.4, -0.2) is 45.8 Å². The van der Waals surface area contributed by atoms with Crippen molar-refractivity contribution in [2.24, 2.45) is 5.41 Å². The Hall–Kier alpha value is -2.25. The van der Waals surface area contributed by atoms with Crippen LogP contribution in [0.4, 0.5) is 5.69 Å². The summed E-state index contributed by atoms with van der Waals surface area (Å²) in [7, 11) is 0. The van der Waals surface area contributed by atoms with Crippen LogP contribution in [-0.2, 0) is 9.47 Å². The van der Waals surface area contributed by atoms with E-state index in [1.807, 2.05) is 17.9 Å². The first-order valence-electron chi connectivity index (χ1n) is 10.1. The Kier molecular flexibility index (Phi) is 4.40. The number of rotatable bonds is 4. The Bertz CT molecular complexity index is 872. The molecule has 29 heavy (non-hydrogen) atoms. The molecule has 0 N–H and O–H groups in total. The second-order valence-corrected chi connectivity index (χ2v) is 9.27. The van der Waals surface area contributed by atoms with Gasteiger partial charge in [-0.2, -0.15) is 0 Å². The quantitative estimate of drug-likeness (QED) is 0.329. The Morgan fingerprint density at radius 3 is 2.28 bits per heavy atom. The molecule has 3 fully saturated rings. The minimum absolute atomic E-state index is 0.0191. The lowest BCUT2D eigenvalue weighted by Crippen LogP contribution is -2.42. The first-order valence-corrected chi connectivity index (χ1v) is 10.1. The van der Waals surface area contributed by atoms with Gasteiger partial charge in [0.25, 0.3) is 11.6 Å². The second-order valence-electron chi connectivity index (χ2n) is 9.27. The van der Waals surface area contributed by atoms with E-state index in [0.717, 1.165) is 19.3 Å². The number of nitro benzene ring substituents is 1. The summed E-state index contributed by atoms with van der Waals surface area (Å²) >= 11 is 0. The van der Waals surface area contributed by atoms with E-state index >= 15 is 0 Å². The maximum Gasteiger partial charge on any atom is 0.269 e. The molecule has 1 aliphatic carbocycles. The molecule has 0 aromatic heterocycles. The number of fused-ring (bicyclic) bond motifs is 1. The van der Waals surface area contributed by atoms with Gasteiger partial charge in [0.2, 0.25) is 0 Å². The van der Waals surface area contributed by atoms with E-state index in [9.17, 15) is 14.9 Å². The third-order valence-corrected chi connectivity index (χ3v) is 7.13. The standard InChI is InChI=1S/C22H28N2O5/c1-19(2)10-5-11-20(3)22(19,13-12-21(4)28-14-15-29-21)23(20)18(25)16-6-8-17(9-7-16)24(26)27/h6-9,12-13H,5,10-11,14-15H2,1-4H3/b13-12+/t20-,22+,23?/m1/s1. The van der Waals surface area contributed by atoms with Crippen LogP contribution in [0.3, 0.4) is 0 Å². The Morgan fingerprint density at radius 2 is 1.69 bits per heavy atom. The molecule has 0 spiro atoms. The van der Waals surface area contributed by atoms with Crippen LogP contribution in [0.1, 0.15) is 57.3 Å². The zero-order valence-electron chi connectivity index (χ0n) is 17.4. The van der Waals surface area contributed by atoms with E-state index in [1.165, 1.54) is 12.1 Å². The van der Waals surface area contributed by atoms with Crippen LogP contribution in [0.2, 0.25) is 0 Å². The van der Waals surface area contributed by atoms with E-state index in [0.29, 0.717) is 18.8 Å². The normalized spacial score (nSPS) is 32.2. The number of hydrogen-bond donors (Lipinski definition) is 0. The van der Waals surface area contributed by atoms with E-state index in [4.69, 9.17) is 9.47 Å². The second kappa shape index (κ2) is 6.37. The molecule has 156 valence electrons. The van der Waals surface area contributed by atoms with Crippen LogP contribution in [0.5, 0.6) is 0 Å². The van der Waals surface area contributed by atoms with Crippen LogP contribution in [0, 0.1) is 15.5 Å². The lowest BCUT2D eigenvalue weighted by atomic mass is 9.64. The number of carbonyl (C=O) groups excluding carboxylic acids is 1. The van der Waals surface area contributed by atoms with Crippen LogP contribution >= 0.6 is 0 Å². The van der Waals surface area contributed by atoms with Crippen molar-refractivity contribution in [2.75, 3.05) is 13.2 Å². The van der Waals surface area contributed by atoms with Crippen molar-refractivity contribution in [1.29, 1.82) is 0 Å². The molecular formula is C22H28N2O5. The lowest BCUT2D eigenvalue weighted by molar-refractivity contribution is -0.384. The third-order valence-electron chi connectivity index (χ3n) is 7.13. The highest BCUT2D eigenvalue weighted by atomic mass is 16.7. The number of benzene rings is 1. The van der Waals surface area contributed by atoms with Gasteiger partial charge in [-0.05, 0) is 50.3 Å². The minimum atomic E-state index is -0.770. The molecule has 2 heterocycles. The van der Waals surface area contributed by atoms with Crippen LogP contribution in [0.15, 0.2) is 36.4 Å². The summed E-state index contributed by atoms with van der Waals surface area (Å²) < 4.78 is 11.5. The molecule has 1 amide bonds. The molecule has 1 saturated carbocycles. The summed E-state index contributed by atoms with van der Waals surface area (Å²) in [4.78, 5) is 25.9. The predicted molar refractivity (Wildman–Crippen MR) is 107 cm³/mol. The fourth-order valence-electron chi connectivity index (χ4n) is 5.56. The zero-order chi connectivity index (χ0) is 21.1. The summed E-state index contributed by atoms with van der Waals surface area (Å²) in [5.74, 6) is -0.867. The highest BCUT2D eigenvalue weighted by molar-refractivity contribution is 5.98. The number of hydrogen-bond acceptors (Lipinski definition) is 5. The van der Waals surface area contributed by atoms with Crippen molar-refractivity contribution in [3.63, 3.8) is 0 Å². The molecular weight excluding hydrogens is 372 g/mol. The highest BCUT2D eigenvalue weighted by Crippen LogP contribution is 2.68. The predicted octanol–water partition coefficient (Wildman–Crippen LogP) is 4.08. The molecule has 0 bridgehead atoms. The maximum atomic E-state index is 13.5. The first kappa shape index (κ1) is 20.0. The Balaban J connectivity index is 1.71. The SMILES string of the molecule is CC1(/C=C/[C@@]23N(C(=O)c4ccc([N+](=O)[O-])cc4)[C@]2(C)CCCC3(C)C)OCCO1. The van der Waals surface area contributed by atoms with Crippen molar-refractivity contribution in [1.82, 2.24) is 4.90 Å². The fourth-order valence-corrected chi connectivity index (χ4v) is 5.56. The van der Waals surface area contributed by atoms with E-state index < -0.39 is 16.2 Å². The average molecular weight is 400 g/mol. The minimum Gasteiger partial charge on any atom is -0.344 e. The van der Waals surface area contributed by atoms with Crippen LogP contribution < -0.4 is 0 Å². The lowest BCUT2D eigenvalue weighted by Gasteiger charge is -2.38. The number of nitro groups is 1. The molecule has 0 radical (unpaired) electrons. The fraction of sp³-hybridized carbons (Fsp3) is 0.591. The summed E-state index contributed by atoms with van der Waals surface area (Å²) in [5.41, 5.74) is -0.431. The Morgan fingerprint density at radius 1 is 1.07 bits per heavy atom. The van der Waals surface area contributed by atoms with Crippen molar-refractivity contribution < 1.29 is 19.2 Å². The van der Waals surface area contributed by atoms with Gasteiger partial charge in [-0.25, -0.2) is 0 Å². The van der Waals surface area contributed by atoms with Crippen molar-refractivity contribution in [3.05, 3.63) is 52.1 Å². The molecule has 2 aliphatic heterocycles. The van der Waals surface area contributed by atoms with Gasteiger partial charge in [0.1, 0.15) is 0 Å². The van der Waals surface area contributed by atoms with E-state index in [2.05, 4.69) is 26.8 Å². The first-order chi connectivity index (χ1) is 13.6. The van der Waals surface area contributed by atoms with Crippen molar-refractivity contribution >= 4 is 11.6 Å². The zero-order valence-corrected chi connectivity index (χ0v) is 17.4. The molecule has 1 aromatic rings. The number of ether oxygens (including phenoxy) is 2. The van der Waals surface area contributed by atoms with Crippen LogP contribution in [0.25, 0.3) is 0 Å². The topological polar surface area (TPSA) is 81.7 Å².